The number of aliphatic hydroxyl groups is 1. The molecule has 1 aliphatic rings. The first-order chi connectivity index (χ1) is 8.04. The van der Waals surface area contributed by atoms with E-state index in [4.69, 9.17) is 16.7 Å². The van der Waals surface area contributed by atoms with Gasteiger partial charge in [0.05, 0.1) is 5.69 Å². The van der Waals surface area contributed by atoms with Crippen LogP contribution in [0.4, 0.5) is 11.5 Å². The standard InChI is InChI=1S/C10H13ClN4O2/c1-5-7-8(14-10(11)12-5)15(2)6(3-4-16)9(17)13-7/h6,16H,3-4H2,1-2H3,(H,13,17)/t6-/m0/s1. The summed E-state index contributed by atoms with van der Waals surface area (Å²) in [7, 11) is 1.75. The van der Waals surface area contributed by atoms with Crippen LogP contribution in [0.3, 0.4) is 0 Å². The van der Waals surface area contributed by atoms with Crippen LogP contribution < -0.4 is 10.2 Å². The summed E-state index contributed by atoms with van der Waals surface area (Å²) in [6.07, 6.45) is 0.350. The van der Waals surface area contributed by atoms with Crippen molar-refractivity contribution in [2.24, 2.45) is 0 Å². The summed E-state index contributed by atoms with van der Waals surface area (Å²) in [5.41, 5.74) is 1.21. The zero-order valence-corrected chi connectivity index (χ0v) is 10.3. The fraction of sp³-hybridized carbons (Fsp3) is 0.500. The summed E-state index contributed by atoms with van der Waals surface area (Å²) in [5, 5.41) is 11.8. The quantitative estimate of drug-likeness (QED) is 0.757. The van der Waals surface area contributed by atoms with Gasteiger partial charge in [-0.1, -0.05) is 0 Å². The maximum Gasteiger partial charge on any atom is 0.247 e. The zero-order valence-electron chi connectivity index (χ0n) is 9.57. The molecular weight excluding hydrogens is 244 g/mol. The molecule has 0 aliphatic carbocycles. The summed E-state index contributed by atoms with van der Waals surface area (Å²) < 4.78 is 0. The molecule has 2 N–H and O–H groups in total. The number of likely N-dealkylation sites (N-methyl/N-ethyl adjacent to an activating group) is 1. The van der Waals surface area contributed by atoms with Gasteiger partial charge in [0.2, 0.25) is 11.2 Å². The molecule has 7 heteroatoms. The van der Waals surface area contributed by atoms with E-state index in [0.717, 1.165) is 0 Å². The average molecular weight is 257 g/mol. The number of aliphatic hydroxyl groups excluding tert-OH is 1. The molecule has 1 amide bonds. The Kier molecular flexibility index (Phi) is 3.17. The van der Waals surface area contributed by atoms with Gasteiger partial charge < -0.3 is 15.3 Å². The smallest absolute Gasteiger partial charge is 0.247 e. The van der Waals surface area contributed by atoms with Gasteiger partial charge in [-0.05, 0) is 24.9 Å². The maximum absolute atomic E-state index is 11.8. The molecule has 0 saturated heterocycles. The Morgan fingerprint density at radius 3 is 2.88 bits per heavy atom. The molecule has 1 aromatic rings. The van der Waals surface area contributed by atoms with Crippen molar-refractivity contribution >= 4 is 29.0 Å². The summed E-state index contributed by atoms with van der Waals surface area (Å²) in [4.78, 5) is 21.7. The van der Waals surface area contributed by atoms with E-state index >= 15 is 0 Å². The highest BCUT2D eigenvalue weighted by Crippen LogP contribution is 2.32. The number of amides is 1. The third-order valence-corrected chi connectivity index (χ3v) is 2.97. The van der Waals surface area contributed by atoms with Gasteiger partial charge in [-0.15, -0.1) is 0 Å². The number of hydrogen-bond donors (Lipinski definition) is 2. The van der Waals surface area contributed by atoms with Crippen molar-refractivity contribution in [1.82, 2.24) is 9.97 Å². The fourth-order valence-corrected chi connectivity index (χ4v) is 2.11. The van der Waals surface area contributed by atoms with Gasteiger partial charge in [-0.2, -0.15) is 4.98 Å². The summed E-state index contributed by atoms with van der Waals surface area (Å²) in [6, 6.07) is -0.433. The molecule has 1 aliphatic heterocycles. The average Bonchev–Trinajstić information content (AvgIpc) is 2.26. The van der Waals surface area contributed by atoms with Gasteiger partial charge in [0.1, 0.15) is 11.7 Å². The van der Waals surface area contributed by atoms with E-state index in [9.17, 15) is 4.79 Å². The molecule has 0 fully saturated rings. The summed E-state index contributed by atoms with van der Waals surface area (Å²) in [6.45, 7) is 1.70. The van der Waals surface area contributed by atoms with Crippen LogP contribution in [0.1, 0.15) is 12.1 Å². The molecular formula is C10H13ClN4O2. The van der Waals surface area contributed by atoms with Crippen LogP contribution in [0.2, 0.25) is 5.28 Å². The number of hydrogen-bond acceptors (Lipinski definition) is 5. The second-order valence-corrected chi connectivity index (χ2v) is 4.24. The first kappa shape index (κ1) is 12.1. The summed E-state index contributed by atoms with van der Waals surface area (Å²) in [5.74, 6) is 0.420. The molecule has 0 spiro atoms. The van der Waals surface area contributed by atoms with Crippen molar-refractivity contribution in [3.8, 4) is 0 Å². The SMILES string of the molecule is Cc1nc(Cl)nc2c1NC(=O)[C@H](CCO)N2C. The molecule has 0 radical (unpaired) electrons. The molecule has 2 rings (SSSR count). The number of anilines is 2. The lowest BCUT2D eigenvalue weighted by atomic mass is 10.1. The van der Waals surface area contributed by atoms with E-state index in [0.29, 0.717) is 23.6 Å². The number of carbonyl (C=O) groups excluding carboxylic acids is 1. The number of halogens is 1. The predicted octanol–water partition coefficient (Wildman–Crippen LogP) is 0.578. The number of aryl methyl sites for hydroxylation is 1. The molecule has 2 heterocycles. The Labute approximate surface area is 104 Å². The lowest BCUT2D eigenvalue weighted by molar-refractivity contribution is -0.118. The van der Waals surface area contributed by atoms with E-state index in [1.807, 2.05) is 0 Å². The van der Waals surface area contributed by atoms with Gasteiger partial charge in [0, 0.05) is 13.7 Å². The highest BCUT2D eigenvalue weighted by atomic mass is 35.5. The number of carbonyl (C=O) groups is 1. The van der Waals surface area contributed by atoms with E-state index in [-0.39, 0.29) is 17.8 Å². The normalized spacial score (nSPS) is 18.9. The third kappa shape index (κ3) is 2.05. The van der Waals surface area contributed by atoms with Crippen LogP contribution in [-0.2, 0) is 4.79 Å². The second kappa shape index (κ2) is 4.46. The number of rotatable bonds is 2. The molecule has 0 saturated carbocycles. The molecule has 92 valence electrons. The molecule has 0 bridgehead atoms. The Balaban J connectivity index is 2.46. The first-order valence-electron chi connectivity index (χ1n) is 5.23. The predicted molar refractivity (Wildman–Crippen MR) is 64.3 cm³/mol. The third-order valence-electron chi connectivity index (χ3n) is 2.80. The van der Waals surface area contributed by atoms with Gasteiger partial charge in [0.25, 0.3) is 0 Å². The van der Waals surface area contributed by atoms with E-state index < -0.39 is 6.04 Å². The van der Waals surface area contributed by atoms with Crippen molar-refractivity contribution < 1.29 is 9.90 Å². The number of nitrogens with zero attached hydrogens (tertiary/aromatic N) is 3. The minimum atomic E-state index is -0.433. The van der Waals surface area contributed by atoms with E-state index in [1.54, 1.807) is 18.9 Å². The highest BCUT2D eigenvalue weighted by Gasteiger charge is 2.32. The second-order valence-electron chi connectivity index (χ2n) is 3.90. The van der Waals surface area contributed by atoms with Crippen molar-refractivity contribution in [1.29, 1.82) is 0 Å². The molecule has 17 heavy (non-hydrogen) atoms. The molecule has 1 aromatic heterocycles. The zero-order chi connectivity index (χ0) is 12.6. The minimum absolute atomic E-state index is 0.0600. The van der Waals surface area contributed by atoms with Crippen LogP contribution in [-0.4, -0.2) is 40.7 Å². The lowest BCUT2D eigenvalue weighted by Gasteiger charge is -2.34. The van der Waals surface area contributed by atoms with Crippen LogP contribution in [0.25, 0.3) is 0 Å². The summed E-state index contributed by atoms with van der Waals surface area (Å²) >= 11 is 5.80. The van der Waals surface area contributed by atoms with Gasteiger partial charge in [0.15, 0.2) is 5.82 Å². The first-order valence-corrected chi connectivity index (χ1v) is 5.61. The Morgan fingerprint density at radius 2 is 2.24 bits per heavy atom. The number of fused-ring (bicyclic) bond motifs is 1. The Morgan fingerprint density at radius 1 is 1.53 bits per heavy atom. The van der Waals surface area contributed by atoms with Crippen LogP contribution >= 0.6 is 11.6 Å². The van der Waals surface area contributed by atoms with E-state index in [2.05, 4.69) is 15.3 Å². The Hall–Kier alpha value is -1.40. The fourth-order valence-electron chi connectivity index (χ4n) is 1.90. The van der Waals surface area contributed by atoms with Gasteiger partial charge in [-0.3, -0.25) is 4.79 Å². The molecule has 1 atom stereocenters. The topological polar surface area (TPSA) is 78.3 Å². The largest absolute Gasteiger partial charge is 0.396 e. The van der Waals surface area contributed by atoms with E-state index in [1.165, 1.54) is 0 Å². The highest BCUT2D eigenvalue weighted by molar-refractivity contribution is 6.28. The minimum Gasteiger partial charge on any atom is -0.396 e. The van der Waals surface area contributed by atoms with Crippen LogP contribution in [0, 0.1) is 6.92 Å². The monoisotopic (exact) mass is 256 g/mol. The maximum atomic E-state index is 11.8. The van der Waals surface area contributed by atoms with Crippen molar-refractivity contribution in [2.75, 3.05) is 23.9 Å². The molecule has 0 unspecified atom stereocenters. The number of aromatic nitrogens is 2. The Bertz CT molecular complexity index is 466. The van der Waals surface area contributed by atoms with Crippen molar-refractivity contribution in [3.63, 3.8) is 0 Å². The van der Waals surface area contributed by atoms with Gasteiger partial charge in [-0.25, -0.2) is 4.98 Å². The lowest BCUT2D eigenvalue weighted by Crippen LogP contribution is -2.47. The molecule has 6 nitrogen and oxygen atoms in total. The van der Waals surface area contributed by atoms with Crippen LogP contribution in [0.15, 0.2) is 0 Å². The van der Waals surface area contributed by atoms with Crippen molar-refractivity contribution in [3.05, 3.63) is 11.0 Å². The number of nitrogens with one attached hydrogen (secondary N) is 1. The van der Waals surface area contributed by atoms with Crippen LogP contribution in [0.5, 0.6) is 0 Å². The van der Waals surface area contributed by atoms with Crippen molar-refractivity contribution in [2.45, 2.75) is 19.4 Å². The van der Waals surface area contributed by atoms with Gasteiger partial charge >= 0.3 is 0 Å². The molecule has 0 aromatic carbocycles.